The van der Waals surface area contributed by atoms with Gasteiger partial charge >= 0.3 is 0 Å². The summed E-state index contributed by atoms with van der Waals surface area (Å²) in [5.74, 6) is 0.272. The Kier molecular flexibility index (Phi) is 9.65. The molecule has 1 fully saturated rings. The van der Waals surface area contributed by atoms with Crippen molar-refractivity contribution in [3.63, 3.8) is 0 Å². The molecule has 0 saturated carbocycles. The van der Waals surface area contributed by atoms with E-state index >= 15 is 0 Å². The minimum Gasteiger partial charge on any atom is -0.348 e. The molecule has 2 rings (SSSR count). The van der Waals surface area contributed by atoms with Gasteiger partial charge in [-0.2, -0.15) is 11.8 Å². The third-order valence-corrected chi connectivity index (χ3v) is 6.18. The molecule has 166 valence electrons. The van der Waals surface area contributed by atoms with Crippen LogP contribution in [0.4, 0.5) is 0 Å². The third-order valence-electron chi connectivity index (χ3n) is 5.54. The Balaban J connectivity index is 1.77. The molecule has 1 aliphatic rings. The number of nitrogens with one attached hydrogen (secondary N) is 2. The highest BCUT2D eigenvalue weighted by Crippen LogP contribution is 2.19. The average Bonchev–Trinajstić information content (AvgIpc) is 2.77. The van der Waals surface area contributed by atoms with Crippen molar-refractivity contribution < 1.29 is 14.4 Å². The molecular formula is C22H34N4O3S. The van der Waals surface area contributed by atoms with E-state index in [1.807, 2.05) is 43.5 Å². The number of carbonyl (C=O) groups is 3. The lowest BCUT2D eigenvalue weighted by Crippen LogP contribution is -2.51. The Labute approximate surface area is 183 Å². The maximum absolute atomic E-state index is 12.6. The molecule has 4 N–H and O–H groups in total. The lowest BCUT2D eigenvalue weighted by Gasteiger charge is -2.33. The van der Waals surface area contributed by atoms with E-state index in [0.29, 0.717) is 32.4 Å². The largest absolute Gasteiger partial charge is 0.348 e. The summed E-state index contributed by atoms with van der Waals surface area (Å²) in [5.41, 5.74) is 6.99. The number of hydrogen-bond acceptors (Lipinski definition) is 5. The van der Waals surface area contributed by atoms with Gasteiger partial charge in [0.25, 0.3) is 0 Å². The minimum atomic E-state index is -0.622. The first-order chi connectivity index (χ1) is 14.3. The lowest BCUT2D eigenvalue weighted by atomic mass is 9.95. The van der Waals surface area contributed by atoms with Crippen LogP contribution in [0.2, 0.25) is 0 Å². The van der Waals surface area contributed by atoms with Crippen molar-refractivity contribution in [2.75, 3.05) is 25.1 Å². The lowest BCUT2D eigenvalue weighted by molar-refractivity contribution is -0.137. The number of hydrogen-bond donors (Lipinski definition) is 3. The number of thioether (sulfide) groups is 1. The van der Waals surface area contributed by atoms with E-state index < -0.39 is 12.1 Å². The summed E-state index contributed by atoms with van der Waals surface area (Å²) in [6, 6.07) is 8.46. The highest BCUT2D eigenvalue weighted by molar-refractivity contribution is 7.98. The molecule has 0 spiro atoms. The van der Waals surface area contributed by atoms with Crippen LogP contribution in [0.5, 0.6) is 0 Å². The summed E-state index contributed by atoms with van der Waals surface area (Å²) in [7, 11) is 0. The van der Waals surface area contributed by atoms with E-state index in [-0.39, 0.29) is 29.7 Å². The first-order valence-corrected chi connectivity index (χ1v) is 11.9. The van der Waals surface area contributed by atoms with Crippen molar-refractivity contribution in [2.24, 2.45) is 11.7 Å². The second kappa shape index (κ2) is 12.0. The molecule has 3 unspecified atom stereocenters. The molecule has 7 nitrogen and oxygen atoms in total. The van der Waals surface area contributed by atoms with Crippen LogP contribution in [0.15, 0.2) is 30.3 Å². The van der Waals surface area contributed by atoms with Crippen LogP contribution < -0.4 is 16.4 Å². The molecule has 3 amide bonds. The Hall–Kier alpha value is -2.06. The first kappa shape index (κ1) is 24.2. The van der Waals surface area contributed by atoms with Gasteiger partial charge in [-0.3, -0.25) is 14.4 Å². The van der Waals surface area contributed by atoms with E-state index in [9.17, 15) is 14.4 Å². The van der Waals surface area contributed by atoms with Gasteiger partial charge in [0.1, 0.15) is 6.04 Å². The average molecular weight is 435 g/mol. The SMILES string of the molecule is CSCCC(N)C(=O)N1CCC(C(=O)NC(C)C(=O)NC(C)c2ccccc2)CC1. The summed E-state index contributed by atoms with van der Waals surface area (Å²) in [6.07, 6.45) is 3.82. The van der Waals surface area contributed by atoms with E-state index in [1.165, 1.54) is 0 Å². The maximum Gasteiger partial charge on any atom is 0.242 e. The van der Waals surface area contributed by atoms with Crippen molar-refractivity contribution in [1.82, 2.24) is 15.5 Å². The molecule has 0 radical (unpaired) electrons. The predicted octanol–water partition coefficient (Wildman–Crippen LogP) is 1.69. The molecule has 3 atom stereocenters. The van der Waals surface area contributed by atoms with E-state index in [1.54, 1.807) is 23.6 Å². The molecule has 1 aromatic carbocycles. The van der Waals surface area contributed by atoms with Crippen LogP contribution in [0, 0.1) is 5.92 Å². The van der Waals surface area contributed by atoms with Gasteiger partial charge < -0.3 is 21.3 Å². The van der Waals surface area contributed by atoms with Crippen molar-refractivity contribution in [2.45, 2.75) is 51.2 Å². The van der Waals surface area contributed by atoms with Gasteiger partial charge in [-0.05, 0) is 50.7 Å². The number of piperidine rings is 1. The summed E-state index contributed by atoms with van der Waals surface area (Å²) in [4.78, 5) is 39.2. The second-order valence-electron chi connectivity index (χ2n) is 7.86. The van der Waals surface area contributed by atoms with Gasteiger partial charge in [0.05, 0.1) is 12.1 Å². The van der Waals surface area contributed by atoms with Crippen molar-refractivity contribution in [3.05, 3.63) is 35.9 Å². The molecule has 1 saturated heterocycles. The first-order valence-electron chi connectivity index (χ1n) is 10.5. The second-order valence-corrected chi connectivity index (χ2v) is 8.84. The monoisotopic (exact) mass is 434 g/mol. The number of nitrogens with zero attached hydrogens (tertiary/aromatic N) is 1. The molecule has 1 aliphatic heterocycles. The smallest absolute Gasteiger partial charge is 0.242 e. The normalized spacial score (nSPS) is 17.7. The van der Waals surface area contributed by atoms with Gasteiger partial charge in [-0.15, -0.1) is 0 Å². The van der Waals surface area contributed by atoms with Crippen molar-refractivity contribution in [1.29, 1.82) is 0 Å². The Bertz CT molecular complexity index is 708. The third kappa shape index (κ3) is 7.02. The number of nitrogens with two attached hydrogens (primary N) is 1. The fourth-order valence-corrected chi connectivity index (χ4v) is 4.01. The quantitative estimate of drug-likeness (QED) is 0.549. The van der Waals surface area contributed by atoms with Gasteiger partial charge in [-0.1, -0.05) is 30.3 Å². The van der Waals surface area contributed by atoms with Crippen LogP contribution >= 0.6 is 11.8 Å². The van der Waals surface area contributed by atoms with Crippen LogP contribution in [-0.2, 0) is 14.4 Å². The zero-order valence-electron chi connectivity index (χ0n) is 18.1. The maximum atomic E-state index is 12.6. The Morgan fingerprint density at radius 2 is 1.77 bits per heavy atom. The van der Waals surface area contributed by atoms with Gasteiger partial charge in [-0.25, -0.2) is 0 Å². The highest BCUT2D eigenvalue weighted by Gasteiger charge is 2.30. The van der Waals surface area contributed by atoms with Crippen LogP contribution in [0.25, 0.3) is 0 Å². The van der Waals surface area contributed by atoms with Crippen LogP contribution in [0.3, 0.4) is 0 Å². The van der Waals surface area contributed by atoms with E-state index in [0.717, 1.165) is 11.3 Å². The molecule has 8 heteroatoms. The molecule has 30 heavy (non-hydrogen) atoms. The summed E-state index contributed by atoms with van der Waals surface area (Å²) in [5, 5.41) is 5.75. The standard InChI is InChI=1S/C22H34N4O3S/c1-15(17-7-5-4-6-8-17)24-20(27)16(2)25-21(28)18-9-12-26(13-10-18)22(29)19(23)11-14-30-3/h4-8,15-16,18-19H,9-14,23H2,1-3H3,(H,24,27)(H,25,28). The number of rotatable bonds is 9. The molecule has 1 heterocycles. The molecule has 0 aromatic heterocycles. The summed E-state index contributed by atoms with van der Waals surface area (Å²) in [6.45, 7) is 4.65. The molecule has 0 bridgehead atoms. The van der Waals surface area contributed by atoms with Gasteiger partial charge in [0.2, 0.25) is 17.7 Å². The molecular weight excluding hydrogens is 400 g/mol. The number of amides is 3. The van der Waals surface area contributed by atoms with Crippen molar-refractivity contribution >= 4 is 29.5 Å². The number of likely N-dealkylation sites (tertiary alicyclic amines) is 1. The Morgan fingerprint density at radius 1 is 1.13 bits per heavy atom. The number of benzene rings is 1. The van der Waals surface area contributed by atoms with E-state index in [2.05, 4.69) is 10.6 Å². The predicted molar refractivity (Wildman–Crippen MR) is 121 cm³/mol. The van der Waals surface area contributed by atoms with Crippen LogP contribution in [-0.4, -0.2) is 59.8 Å². The fraction of sp³-hybridized carbons (Fsp3) is 0.591. The topological polar surface area (TPSA) is 105 Å². The summed E-state index contributed by atoms with van der Waals surface area (Å²) < 4.78 is 0. The number of carbonyl (C=O) groups excluding carboxylic acids is 3. The van der Waals surface area contributed by atoms with Gasteiger partial charge in [0, 0.05) is 19.0 Å². The summed E-state index contributed by atoms with van der Waals surface area (Å²) >= 11 is 1.67. The molecule has 1 aromatic rings. The minimum absolute atomic E-state index is 0.0365. The fourth-order valence-electron chi connectivity index (χ4n) is 3.53. The zero-order chi connectivity index (χ0) is 22.1. The van der Waals surface area contributed by atoms with Crippen LogP contribution in [0.1, 0.15) is 44.7 Å². The van der Waals surface area contributed by atoms with Gasteiger partial charge in [0.15, 0.2) is 0 Å². The highest BCUT2D eigenvalue weighted by atomic mass is 32.2. The molecule has 0 aliphatic carbocycles. The van der Waals surface area contributed by atoms with Crippen molar-refractivity contribution in [3.8, 4) is 0 Å². The Morgan fingerprint density at radius 3 is 2.37 bits per heavy atom. The zero-order valence-corrected chi connectivity index (χ0v) is 18.9. The van der Waals surface area contributed by atoms with E-state index in [4.69, 9.17) is 5.73 Å².